The summed E-state index contributed by atoms with van der Waals surface area (Å²) in [5, 5.41) is 0. The lowest BCUT2D eigenvalue weighted by Crippen LogP contribution is -0.858. The number of hydrogen-bond acceptors (Lipinski definition) is 0. The van der Waals surface area contributed by atoms with Gasteiger partial charge in [-0.2, -0.15) is 9.90 Å². The third-order valence-electron chi connectivity index (χ3n) is 0. The number of hydrogen-bond donors (Lipinski definition) is 0. The van der Waals surface area contributed by atoms with Gasteiger partial charge in [-0.1, -0.05) is 0 Å². The predicted molar refractivity (Wildman–Crippen MR) is 60.1 cm³/mol. The summed E-state index contributed by atoms with van der Waals surface area (Å²) >= 11 is 7.14. The van der Waals surface area contributed by atoms with Gasteiger partial charge < -0.3 is 0 Å². The molecule has 0 nitrogen and oxygen atoms in total. The van der Waals surface area contributed by atoms with Crippen molar-refractivity contribution in [3.63, 3.8) is 0 Å². The first-order valence-electron chi connectivity index (χ1n) is 0.507. The third-order valence-corrected chi connectivity index (χ3v) is 0. The zero-order valence-electron chi connectivity index (χ0n) is 2.29. The monoisotopic (exact) mass is 446 g/mol. The smallest absolute Gasteiger partial charge is 0.0884 e. The Labute approximate surface area is 75.4 Å². The van der Waals surface area contributed by atoms with Crippen LogP contribution >= 0.6 is 76.9 Å². The predicted octanol–water partition coefficient (Wildman–Crippen LogP) is 3.58. The summed E-state index contributed by atoms with van der Waals surface area (Å²) < 4.78 is 0.290. The number of rotatable bonds is 0. The standard InChI is InChI=1S/I3P.H3P/c1-4(2)3;/h;1H3. The first kappa shape index (κ1) is 10.9. The highest BCUT2D eigenvalue weighted by Gasteiger charge is 1.76. The fourth-order valence-corrected chi connectivity index (χ4v) is 0. The highest BCUT2D eigenvalue weighted by atomic mass is 127. The van der Waals surface area contributed by atoms with Gasteiger partial charge in [0.2, 0.25) is 0 Å². The molecule has 0 aromatic heterocycles. The second-order valence-corrected chi connectivity index (χ2v) is 25.9. The van der Waals surface area contributed by atoms with E-state index in [1.807, 2.05) is 0 Å². The molecular weight excluding hydrogens is 443 g/mol. The van der Waals surface area contributed by atoms with Gasteiger partial charge in [0.25, 0.3) is 0 Å². The molecule has 1 unspecified atom stereocenters. The van der Waals surface area contributed by atoms with E-state index in [0.717, 1.165) is 0 Å². The summed E-state index contributed by atoms with van der Waals surface area (Å²) in [4.78, 5) is 0. The lowest BCUT2D eigenvalue weighted by atomic mass is 30.9. The van der Waals surface area contributed by atoms with Crippen LogP contribution in [0.3, 0.4) is 0 Å². The molecule has 0 fully saturated rings. The molecule has 0 heterocycles. The molecule has 0 bridgehead atoms. The van der Waals surface area contributed by atoms with Crippen LogP contribution in [-0.2, 0) is 0 Å². The normalized spacial score (nSPS) is 7.20. The largest absolute Gasteiger partial charge is 0.153 e. The highest BCUT2D eigenvalue weighted by molar-refractivity contribution is 14.4. The topological polar surface area (TPSA) is 0 Å². The van der Waals surface area contributed by atoms with Gasteiger partial charge >= 0.3 is 0 Å². The van der Waals surface area contributed by atoms with Crippen LogP contribution in [-0.4, -0.2) is 0 Å². The molecule has 5 heavy (non-hydrogen) atoms. The van der Waals surface area contributed by atoms with Crippen LogP contribution in [0.25, 0.3) is 0 Å². The molecule has 5 heteroatoms. The molecule has 0 radical (unpaired) electrons. The van der Waals surface area contributed by atoms with Crippen molar-refractivity contribution < 1.29 is 0 Å². The van der Waals surface area contributed by atoms with Crippen LogP contribution in [0.2, 0.25) is 0 Å². The van der Waals surface area contributed by atoms with E-state index < -0.39 is 0 Å². The molecule has 34 valence electrons. The van der Waals surface area contributed by atoms with Gasteiger partial charge in [0.15, 0.2) is 0 Å². The molecule has 0 saturated heterocycles. The lowest BCUT2D eigenvalue weighted by Gasteiger charge is -1.70. The highest BCUT2D eigenvalue weighted by Crippen LogP contribution is 2.61. The minimum atomic E-state index is 0. The van der Waals surface area contributed by atoms with Gasteiger partial charge in [-0.05, 0) is 66.1 Å². The maximum atomic E-state index is 2.38. The van der Waals surface area contributed by atoms with Gasteiger partial charge in [0.05, 0.1) is 0.849 Å². The van der Waals surface area contributed by atoms with Crippen molar-refractivity contribution in [2.24, 2.45) is 0 Å². The maximum absolute atomic E-state index is 2.38. The molecule has 0 N–H and O–H groups in total. The molecule has 0 amide bonds. The Bertz CT molecular complexity index is 9.61. The maximum Gasteiger partial charge on any atom is 0.0884 e. The second kappa shape index (κ2) is 7.05. The first-order chi connectivity index (χ1) is 1.73. The zero-order chi connectivity index (χ0) is 3.58. The van der Waals surface area contributed by atoms with E-state index in [2.05, 4.69) is 66.1 Å². The van der Waals surface area contributed by atoms with Crippen LogP contribution in [0, 0.1) is 0 Å². The van der Waals surface area contributed by atoms with E-state index in [9.17, 15) is 0 Å². The van der Waals surface area contributed by atoms with Crippen LogP contribution in [0.15, 0.2) is 0 Å². The Balaban J connectivity index is 0. The summed E-state index contributed by atoms with van der Waals surface area (Å²) in [5.74, 6) is 0. The lowest BCUT2D eigenvalue weighted by molar-refractivity contribution is 6.52. The molecule has 1 atom stereocenters. The van der Waals surface area contributed by atoms with Gasteiger partial charge in [-0.25, -0.2) is 0 Å². The van der Waals surface area contributed by atoms with Gasteiger partial charge in [-0.15, -0.1) is 0 Å². The Kier molecular flexibility index (Phi) is 15.4. The molecule has 0 rings (SSSR count). The summed E-state index contributed by atoms with van der Waals surface area (Å²) in [6, 6.07) is 0. The first-order valence-corrected chi connectivity index (χ1v) is 10.2. The minimum absolute atomic E-state index is 0. The third kappa shape index (κ3) is 19.3. The quantitative estimate of drug-likeness (QED) is 0.395. The van der Waals surface area contributed by atoms with Crippen LogP contribution in [0.1, 0.15) is 0 Å². The van der Waals surface area contributed by atoms with E-state index in [0.29, 0.717) is 0 Å². The molecule has 0 aliphatic carbocycles. The van der Waals surface area contributed by atoms with Gasteiger partial charge in [0.1, 0.15) is 0 Å². The van der Waals surface area contributed by atoms with Gasteiger partial charge in [0, 0.05) is 0 Å². The van der Waals surface area contributed by atoms with Crippen molar-refractivity contribution >= 4 is 76.9 Å². The fraction of sp³-hybridized carbons (Fsp3) is 0. The van der Waals surface area contributed by atoms with Crippen LogP contribution in [0.5, 0.6) is 0 Å². The zero-order valence-corrected chi connectivity index (χ0v) is 11.1. The second-order valence-electron chi connectivity index (χ2n) is 0.192. The molecule has 0 aliphatic rings. The molecule has 0 spiro atoms. The summed E-state index contributed by atoms with van der Waals surface area (Å²) in [7, 11) is 0. The van der Waals surface area contributed by atoms with Crippen molar-refractivity contribution in [1.82, 2.24) is 0 Å². The molecule has 0 aromatic rings. The Morgan fingerprint density at radius 2 is 1.00 bits per heavy atom. The Hall–Kier alpha value is 3.05. The molecule has 0 aromatic carbocycles. The SMILES string of the molecule is IP(I)I.P. The van der Waals surface area contributed by atoms with Crippen molar-refractivity contribution in [3.05, 3.63) is 0 Å². The molecule has 0 aliphatic heterocycles. The average Bonchev–Trinajstić information content (AvgIpc) is 0.811. The van der Waals surface area contributed by atoms with Gasteiger partial charge in [-0.3, -0.25) is 0 Å². The van der Waals surface area contributed by atoms with E-state index in [-0.39, 0.29) is 10.7 Å². The van der Waals surface area contributed by atoms with E-state index >= 15 is 0 Å². The van der Waals surface area contributed by atoms with Crippen molar-refractivity contribution in [3.8, 4) is 0 Å². The molecular formula is H3I3P2. The Morgan fingerprint density at radius 3 is 1.00 bits per heavy atom. The van der Waals surface area contributed by atoms with Crippen molar-refractivity contribution in [1.29, 1.82) is 0 Å². The summed E-state index contributed by atoms with van der Waals surface area (Å²) in [6.07, 6.45) is 0. The van der Waals surface area contributed by atoms with E-state index in [1.165, 1.54) is 0 Å². The van der Waals surface area contributed by atoms with Crippen molar-refractivity contribution in [2.45, 2.75) is 0 Å². The minimum Gasteiger partial charge on any atom is -0.153 e. The number of halogens is 3. The summed E-state index contributed by atoms with van der Waals surface area (Å²) in [6.45, 7) is 0. The van der Waals surface area contributed by atoms with Crippen molar-refractivity contribution in [2.75, 3.05) is 0 Å². The summed E-state index contributed by atoms with van der Waals surface area (Å²) in [5.41, 5.74) is 0. The van der Waals surface area contributed by atoms with Crippen LogP contribution in [0.4, 0.5) is 0 Å². The Morgan fingerprint density at radius 1 is 1.00 bits per heavy atom. The van der Waals surface area contributed by atoms with E-state index in [1.54, 1.807) is 0 Å². The molecule has 0 saturated carbocycles. The fourth-order valence-electron chi connectivity index (χ4n) is 0. The average molecular weight is 446 g/mol. The van der Waals surface area contributed by atoms with E-state index in [4.69, 9.17) is 0 Å². The van der Waals surface area contributed by atoms with Crippen LogP contribution < -0.4 is 0 Å².